The van der Waals surface area contributed by atoms with Crippen molar-refractivity contribution in [2.45, 2.75) is 51.9 Å². The maximum absolute atomic E-state index is 14.4. The number of nitrogens with zero attached hydrogens (tertiary/aromatic N) is 2. The third-order valence-electron chi connectivity index (χ3n) is 7.21. The van der Waals surface area contributed by atoms with Gasteiger partial charge < -0.3 is 15.0 Å². The lowest BCUT2D eigenvalue weighted by atomic mass is 10.0. The van der Waals surface area contributed by atoms with Crippen molar-refractivity contribution in [1.29, 1.82) is 0 Å². The van der Waals surface area contributed by atoms with E-state index in [1.165, 1.54) is 4.90 Å². The van der Waals surface area contributed by atoms with E-state index in [9.17, 15) is 18.0 Å². The molecule has 4 rings (SSSR count). The number of nitrogens with one attached hydrogen (secondary N) is 1. The van der Waals surface area contributed by atoms with Gasteiger partial charge in [-0.2, -0.15) is 0 Å². The molecule has 0 aliphatic heterocycles. The average molecular weight is 697 g/mol. The minimum absolute atomic E-state index is 0.129. The molecule has 0 saturated carbocycles. The summed E-state index contributed by atoms with van der Waals surface area (Å²) in [5.41, 5.74) is 1.90. The zero-order chi connectivity index (χ0) is 34.2. The Morgan fingerprint density at radius 3 is 1.89 bits per heavy atom. The molecule has 4 aromatic rings. The summed E-state index contributed by atoms with van der Waals surface area (Å²) in [5.74, 6) is -0.473. The van der Waals surface area contributed by atoms with Crippen LogP contribution in [-0.2, 0) is 39.2 Å². The Bertz CT molecular complexity index is 1740. The van der Waals surface area contributed by atoms with Gasteiger partial charge in [0, 0.05) is 34.1 Å². The van der Waals surface area contributed by atoms with Crippen LogP contribution in [0.2, 0.25) is 10.0 Å². The first kappa shape index (κ1) is 35.8. The van der Waals surface area contributed by atoms with Gasteiger partial charge in [0.2, 0.25) is 21.8 Å². The Kier molecular flexibility index (Phi) is 12.0. The van der Waals surface area contributed by atoms with Gasteiger partial charge in [0.05, 0.1) is 11.9 Å². The van der Waals surface area contributed by atoms with Crippen LogP contribution in [0.4, 0.5) is 5.69 Å². The molecule has 8 nitrogen and oxygen atoms in total. The van der Waals surface area contributed by atoms with E-state index in [2.05, 4.69) is 5.32 Å². The number of anilines is 1. The second kappa shape index (κ2) is 15.7. The summed E-state index contributed by atoms with van der Waals surface area (Å²) >= 11 is 13.1. The third kappa shape index (κ3) is 10.5. The minimum Gasteiger partial charge on any atom is -0.489 e. The van der Waals surface area contributed by atoms with Crippen molar-refractivity contribution in [3.05, 3.63) is 130 Å². The molecule has 0 heterocycles. The summed E-state index contributed by atoms with van der Waals surface area (Å²) in [6, 6.07) is 29.4. The molecule has 0 saturated heterocycles. The fourth-order valence-corrected chi connectivity index (χ4v) is 6.29. The summed E-state index contributed by atoms with van der Waals surface area (Å²) in [7, 11) is -3.95. The zero-order valence-corrected chi connectivity index (χ0v) is 29.1. The van der Waals surface area contributed by atoms with Gasteiger partial charge in [0.25, 0.3) is 0 Å². The summed E-state index contributed by atoms with van der Waals surface area (Å²) in [5, 5.41) is 3.62. The molecule has 4 aromatic carbocycles. The summed E-state index contributed by atoms with van der Waals surface area (Å²) < 4.78 is 33.1. The van der Waals surface area contributed by atoms with Crippen LogP contribution in [-0.4, -0.2) is 49.5 Å². The zero-order valence-electron chi connectivity index (χ0n) is 26.8. The molecule has 11 heteroatoms. The predicted molar refractivity (Wildman–Crippen MR) is 188 cm³/mol. The summed E-state index contributed by atoms with van der Waals surface area (Å²) in [6.07, 6.45) is 1.20. The fourth-order valence-electron chi connectivity index (χ4n) is 4.92. The second-order valence-electron chi connectivity index (χ2n) is 12.2. The lowest BCUT2D eigenvalue weighted by Crippen LogP contribution is -2.56. The molecule has 248 valence electrons. The van der Waals surface area contributed by atoms with E-state index < -0.39 is 40.0 Å². The molecule has 1 N–H and O–H groups in total. The number of hydrogen-bond acceptors (Lipinski definition) is 5. The highest BCUT2D eigenvalue weighted by Gasteiger charge is 2.35. The molecular formula is C36H39Cl2N3O5S. The maximum atomic E-state index is 14.4. The Balaban J connectivity index is 1.69. The Morgan fingerprint density at radius 2 is 1.36 bits per heavy atom. The molecule has 0 aliphatic rings. The first-order chi connectivity index (χ1) is 22.2. The lowest BCUT2D eigenvalue weighted by molar-refractivity contribution is -0.140. The van der Waals surface area contributed by atoms with Crippen molar-refractivity contribution in [2.75, 3.05) is 17.1 Å². The normalized spacial score (nSPS) is 12.2. The third-order valence-corrected chi connectivity index (χ3v) is 9.06. The molecule has 1 atom stereocenters. The number of carbonyl (C=O) groups is 2. The van der Waals surface area contributed by atoms with Gasteiger partial charge >= 0.3 is 0 Å². The molecular weight excluding hydrogens is 657 g/mol. The smallest absolute Gasteiger partial charge is 0.244 e. The van der Waals surface area contributed by atoms with Gasteiger partial charge in [-0.1, -0.05) is 89.9 Å². The number of sulfonamides is 1. The molecule has 0 aliphatic carbocycles. The first-order valence-corrected chi connectivity index (χ1v) is 17.6. The van der Waals surface area contributed by atoms with Crippen LogP contribution in [0, 0.1) is 0 Å². The van der Waals surface area contributed by atoms with Crippen molar-refractivity contribution in [2.24, 2.45) is 0 Å². The fraction of sp³-hybridized carbons (Fsp3) is 0.278. The Labute approximate surface area is 287 Å². The lowest BCUT2D eigenvalue weighted by Gasteiger charge is -2.35. The number of hydrogen-bond donors (Lipinski definition) is 1. The highest BCUT2D eigenvalue weighted by atomic mass is 35.5. The minimum atomic E-state index is -3.95. The van der Waals surface area contributed by atoms with Crippen LogP contribution >= 0.6 is 23.2 Å². The van der Waals surface area contributed by atoms with Gasteiger partial charge in [-0.25, -0.2) is 8.42 Å². The second-order valence-corrected chi connectivity index (χ2v) is 14.9. The number of benzene rings is 4. The highest BCUT2D eigenvalue weighted by Crippen LogP contribution is 2.28. The molecule has 0 bridgehead atoms. The van der Waals surface area contributed by atoms with Crippen LogP contribution in [0.5, 0.6) is 5.75 Å². The molecule has 0 spiro atoms. The first-order valence-electron chi connectivity index (χ1n) is 15.0. The van der Waals surface area contributed by atoms with Crippen LogP contribution in [0.3, 0.4) is 0 Å². The van der Waals surface area contributed by atoms with E-state index in [-0.39, 0.29) is 18.7 Å². The molecule has 0 unspecified atom stereocenters. The number of amides is 2. The Hall–Kier alpha value is -4.05. The van der Waals surface area contributed by atoms with Gasteiger partial charge in [0.1, 0.15) is 24.9 Å². The van der Waals surface area contributed by atoms with Gasteiger partial charge in [-0.05, 0) is 68.3 Å². The van der Waals surface area contributed by atoms with Gasteiger partial charge in [0.15, 0.2) is 0 Å². The highest BCUT2D eigenvalue weighted by molar-refractivity contribution is 7.92. The molecule has 0 fully saturated rings. The van der Waals surface area contributed by atoms with E-state index in [4.69, 9.17) is 27.9 Å². The van der Waals surface area contributed by atoms with E-state index in [0.29, 0.717) is 28.0 Å². The van der Waals surface area contributed by atoms with E-state index in [0.717, 1.165) is 21.7 Å². The predicted octanol–water partition coefficient (Wildman–Crippen LogP) is 6.89. The number of carbonyl (C=O) groups excluding carboxylic acids is 2. The van der Waals surface area contributed by atoms with Crippen LogP contribution in [0.25, 0.3) is 0 Å². The van der Waals surface area contributed by atoms with Gasteiger partial charge in [-0.15, -0.1) is 0 Å². The average Bonchev–Trinajstić information content (AvgIpc) is 3.01. The SMILES string of the molecule is CC(C)(C)NC(=O)[C@H](Cc1ccccc1)N(Cc1c(Cl)cccc1Cl)C(=O)CN(c1ccc(OCc2ccccc2)cc1)S(C)(=O)=O. The van der Waals surface area contributed by atoms with Gasteiger partial charge in [-0.3, -0.25) is 13.9 Å². The Morgan fingerprint density at radius 1 is 0.809 bits per heavy atom. The molecule has 0 radical (unpaired) electrons. The van der Waals surface area contributed by atoms with Crippen LogP contribution in [0.1, 0.15) is 37.5 Å². The summed E-state index contributed by atoms with van der Waals surface area (Å²) in [6.45, 7) is 5.18. The van der Waals surface area contributed by atoms with Crippen LogP contribution < -0.4 is 14.4 Å². The van der Waals surface area contributed by atoms with Crippen molar-refractivity contribution in [3.63, 3.8) is 0 Å². The van der Waals surface area contributed by atoms with Crippen molar-refractivity contribution < 1.29 is 22.7 Å². The van der Waals surface area contributed by atoms with Crippen molar-refractivity contribution >= 4 is 50.7 Å². The number of rotatable bonds is 13. The van der Waals surface area contributed by atoms with E-state index in [1.54, 1.807) is 42.5 Å². The van der Waals surface area contributed by atoms with E-state index in [1.807, 2.05) is 81.4 Å². The quantitative estimate of drug-likeness (QED) is 0.164. The number of halogens is 2. The molecule has 47 heavy (non-hydrogen) atoms. The monoisotopic (exact) mass is 695 g/mol. The van der Waals surface area contributed by atoms with Crippen molar-refractivity contribution in [3.8, 4) is 5.75 Å². The maximum Gasteiger partial charge on any atom is 0.244 e. The van der Waals surface area contributed by atoms with Crippen LogP contribution in [0.15, 0.2) is 103 Å². The molecule has 2 amide bonds. The number of ether oxygens (including phenoxy) is 1. The van der Waals surface area contributed by atoms with Crippen molar-refractivity contribution in [1.82, 2.24) is 10.2 Å². The largest absolute Gasteiger partial charge is 0.489 e. The standard InChI is InChI=1S/C36H39Cl2N3O5S/c1-36(2,3)39-35(43)33(22-26-12-7-5-8-13-26)40(23-30-31(37)16-11-17-32(30)38)34(42)24-41(47(4,44)45)28-18-20-29(21-19-28)46-25-27-14-9-6-10-15-27/h5-21,33H,22-25H2,1-4H3,(H,39,43)/t33-/m0/s1. The van der Waals surface area contributed by atoms with E-state index >= 15 is 0 Å². The topological polar surface area (TPSA) is 96.0 Å². The molecule has 0 aromatic heterocycles. The summed E-state index contributed by atoms with van der Waals surface area (Å²) in [4.78, 5) is 29.6.